The van der Waals surface area contributed by atoms with Gasteiger partial charge in [-0.3, -0.25) is 9.59 Å². The maximum Gasteiger partial charge on any atom is 0.307 e. The van der Waals surface area contributed by atoms with E-state index in [0.717, 1.165) is 6.07 Å². The van der Waals surface area contributed by atoms with Gasteiger partial charge >= 0.3 is 11.9 Å². The van der Waals surface area contributed by atoms with Gasteiger partial charge < -0.3 is 35.0 Å². The maximum atomic E-state index is 11.2. The molecule has 2 aromatic carbocycles. The van der Waals surface area contributed by atoms with Gasteiger partial charge in [-0.05, 0) is 34.9 Å². The third kappa shape index (κ3) is 3.97. The molecule has 0 saturated carbocycles. The predicted octanol–water partition coefficient (Wildman–Crippen LogP) is 1.74. The van der Waals surface area contributed by atoms with Crippen LogP contribution in [0.1, 0.15) is 11.1 Å². The predicted molar refractivity (Wildman–Crippen MR) is 92.7 cm³/mol. The normalized spacial score (nSPS) is 10.4. The van der Waals surface area contributed by atoms with E-state index in [1.165, 1.54) is 26.4 Å². The molecule has 0 heterocycles. The molecule has 0 amide bonds. The van der Waals surface area contributed by atoms with Gasteiger partial charge in [-0.1, -0.05) is 0 Å². The van der Waals surface area contributed by atoms with Gasteiger partial charge in [0.2, 0.25) is 5.75 Å². The van der Waals surface area contributed by atoms with Crippen molar-refractivity contribution in [2.24, 2.45) is 0 Å². The first-order chi connectivity index (χ1) is 12.7. The summed E-state index contributed by atoms with van der Waals surface area (Å²) in [4.78, 5) is 22.5. The van der Waals surface area contributed by atoms with Crippen molar-refractivity contribution in [2.45, 2.75) is 12.8 Å². The number of aromatic hydroxyl groups is 3. The molecule has 0 aliphatic rings. The second-order valence-corrected chi connectivity index (χ2v) is 5.63. The molecule has 2 rings (SSSR count). The van der Waals surface area contributed by atoms with Crippen molar-refractivity contribution in [1.29, 1.82) is 0 Å². The van der Waals surface area contributed by atoms with Crippen LogP contribution in [-0.4, -0.2) is 51.7 Å². The summed E-state index contributed by atoms with van der Waals surface area (Å²) in [6, 6.07) is 3.64. The lowest BCUT2D eigenvalue weighted by molar-refractivity contribution is -0.137. The number of hydrogen-bond acceptors (Lipinski definition) is 7. The number of benzene rings is 2. The molecular formula is C18H18O9. The monoisotopic (exact) mass is 378 g/mol. The largest absolute Gasteiger partial charge is 0.504 e. The fourth-order valence-electron chi connectivity index (χ4n) is 2.76. The van der Waals surface area contributed by atoms with Gasteiger partial charge in [-0.15, -0.1) is 0 Å². The Kier molecular flexibility index (Phi) is 5.64. The summed E-state index contributed by atoms with van der Waals surface area (Å²) in [5.74, 6) is -4.24. The topological polar surface area (TPSA) is 154 Å². The minimum Gasteiger partial charge on any atom is -0.504 e. The minimum atomic E-state index is -1.22. The molecule has 0 aliphatic heterocycles. The van der Waals surface area contributed by atoms with Crippen molar-refractivity contribution in [3.8, 4) is 39.9 Å². The SMILES string of the molecule is COc1cc(CC(=O)O)c(-c2c(CC(=O)O)cc(OC)c(O)c2O)cc1O. The van der Waals surface area contributed by atoms with Gasteiger partial charge in [0.25, 0.3) is 0 Å². The summed E-state index contributed by atoms with van der Waals surface area (Å²) in [6.07, 6.45) is -1.04. The van der Waals surface area contributed by atoms with Crippen LogP contribution in [0, 0.1) is 0 Å². The summed E-state index contributed by atoms with van der Waals surface area (Å²) in [5.41, 5.74) is 0.127. The zero-order chi connectivity index (χ0) is 20.3. The number of rotatable bonds is 7. The van der Waals surface area contributed by atoms with Crippen molar-refractivity contribution in [1.82, 2.24) is 0 Å². The Bertz CT molecular complexity index is 902. The Labute approximate surface area is 153 Å². The lowest BCUT2D eigenvalue weighted by Crippen LogP contribution is -2.06. The number of methoxy groups -OCH3 is 2. The third-order valence-corrected chi connectivity index (χ3v) is 3.90. The van der Waals surface area contributed by atoms with E-state index in [4.69, 9.17) is 19.7 Å². The van der Waals surface area contributed by atoms with Gasteiger partial charge in [0, 0.05) is 5.56 Å². The molecule has 0 atom stereocenters. The lowest BCUT2D eigenvalue weighted by Gasteiger charge is -2.18. The Morgan fingerprint density at radius 1 is 0.815 bits per heavy atom. The van der Waals surface area contributed by atoms with Gasteiger partial charge in [-0.2, -0.15) is 0 Å². The molecular weight excluding hydrogens is 360 g/mol. The fourth-order valence-corrected chi connectivity index (χ4v) is 2.76. The molecule has 0 spiro atoms. The summed E-state index contributed by atoms with van der Waals surface area (Å²) in [6.45, 7) is 0. The second kappa shape index (κ2) is 7.73. The van der Waals surface area contributed by atoms with Gasteiger partial charge in [0.15, 0.2) is 23.0 Å². The summed E-state index contributed by atoms with van der Waals surface area (Å²) < 4.78 is 9.90. The zero-order valence-electron chi connectivity index (χ0n) is 14.5. The number of carbonyl (C=O) groups is 2. The highest BCUT2D eigenvalue weighted by molar-refractivity contribution is 5.87. The third-order valence-electron chi connectivity index (χ3n) is 3.90. The molecule has 0 aromatic heterocycles. The molecule has 0 aliphatic carbocycles. The molecule has 0 saturated heterocycles. The Hall–Kier alpha value is -3.62. The van der Waals surface area contributed by atoms with E-state index in [1.54, 1.807) is 0 Å². The van der Waals surface area contributed by atoms with Crippen molar-refractivity contribution < 1.29 is 44.6 Å². The molecule has 0 unspecified atom stereocenters. The highest BCUT2D eigenvalue weighted by atomic mass is 16.5. The van der Waals surface area contributed by atoms with Gasteiger partial charge in [0.05, 0.1) is 27.1 Å². The van der Waals surface area contributed by atoms with E-state index in [9.17, 15) is 24.9 Å². The average Bonchev–Trinajstić information content (AvgIpc) is 2.59. The maximum absolute atomic E-state index is 11.2. The van der Waals surface area contributed by atoms with Crippen LogP contribution in [-0.2, 0) is 22.4 Å². The number of carboxylic acids is 2. The van der Waals surface area contributed by atoms with Crippen LogP contribution in [0.3, 0.4) is 0 Å². The minimum absolute atomic E-state index is 0.00649. The summed E-state index contributed by atoms with van der Waals surface area (Å²) >= 11 is 0. The van der Waals surface area contributed by atoms with Crippen LogP contribution >= 0.6 is 0 Å². The summed E-state index contributed by atoms with van der Waals surface area (Å²) in [7, 11) is 2.51. The van der Waals surface area contributed by atoms with E-state index < -0.39 is 36.3 Å². The van der Waals surface area contributed by atoms with Crippen molar-refractivity contribution in [2.75, 3.05) is 14.2 Å². The van der Waals surface area contributed by atoms with Crippen molar-refractivity contribution in [3.05, 3.63) is 29.3 Å². The first-order valence-corrected chi connectivity index (χ1v) is 7.65. The van der Waals surface area contributed by atoms with Crippen molar-refractivity contribution >= 4 is 11.9 Å². The number of aliphatic carboxylic acids is 2. The lowest BCUT2D eigenvalue weighted by atomic mass is 9.90. The molecule has 0 fully saturated rings. The average molecular weight is 378 g/mol. The molecule has 9 nitrogen and oxygen atoms in total. The van der Waals surface area contributed by atoms with E-state index in [-0.39, 0.29) is 39.5 Å². The van der Waals surface area contributed by atoms with Crippen LogP contribution in [0.15, 0.2) is 18.2 Å². The number of phenols is 3. The Morgan fingerprint density at radius 2 is 1.33 bits per heavy atom. The first kappa shape index (κ1) is 19.7. The molecule has 9 heteroatoms. The number of carboxylic acid groups (broad SMARTS) is 2. The van der Waals surface area contributed by atoms with E-state index in [2.05, 4.69) is 0 Å². The highest BCUT2D eigenvalue weighted by Crippen LogP contribution is 2.48. The molecule has 0 bridgehead atoms. The van der Waals surface area contributed by atoms with Crippen LogP contribution in [0.2, 0.25) is 0 Å². The molecule has 2 aromatic rings. The second-order valence-electron chi connectivity index (χ2n) is 5.63. The highest BCUT2D eigenvalue weighted by Gasteiger charge is 2.24. The van der Waals surface area contributed by atoms with Crippen LogP contribution in [0.4, 0.5) is 0 Å². The van der Waals surface area contributed by atoms with Crippen LogP contribution < -0.4 is 9.47 Å². The number of hydrogen-bond donors (Lipinski definition) is 5. The molecule has 27 heavy (non-hydrogen) atoms. The zero-order valence-corrected chi connectivity index (χ0v) is 14.5. The quantitative estimate of drug-likeness (QED) is 0.453. The number of ether oxygens (including phenoxy) is 2. The molecule has 5 N–H and O–H groups in total. The fraction of sp³-hybridized carbons (Fsp3) is 0.222. The van der Waals surface area contributed by atoms with Gasteiger partial charge in [0.1, 0.15) is 0 Å². The molecule has 144 valence electrons. The van der Waals surface area contributed by atoms with E-state index >= 15 is 0 Å². The summed E-state index contributed by atoms with van der Waals surface area (Å²) in [5, 5.41) is 49.0. The Balaban J connectivity index is 2.86. The van der Waals surface area contributed by atoms with Crippen LogP contribution in [0.25, 0.3) is 11.1 Å². The van der Waals surface area contributed by atoms with E-state index in [1.807, 2.05) is 0 Å². The number of phenolic OH excluding ortho intramolecular Hbond substituents is 3. The first-order valence-electron chi connectivity index (χ1n) is 7.65. The molecule has 0 radical (unpaired) electrons. The van der Waals surface area contributed by atoms with Crippen LogP contribution in [0.5, 0.6) is 28.7 Å². The van der Waals surface area contributed by atoms with Crippen molar-refractivity contribution in [3.63, 3.8) is 0 Å². The Morgan fingerprint density at radius 3 is 1.85 bits per heavy atom. The van der Waals surface area contributed by atoms with E-state index in [0.29, 0.717) is 0 Å². The van der Waals surface area contributed by atoms with Gasteiger partial charge in [-0.25, -0.2) is 0 Å². The smallest absolute Gasteiger partial charge is 0.307 e. The standard InChI is InChI=1S/C18H18O9/c1-26-12-3-8(5-14(20)21)10(7-11(12)19)16-9(6-15(22)23)4-13(27-2)17(24)18(16)25/h3-4,7,19,24-25H,5-6H2,1-2H3,(H,20,21)(H,22,23).